The lowest BCUT2D eigenvalue weighted by Gasteiger charge is -2.19. The number of nitrogens with one attached hydrogen (secondary N) is 2. The van der Waals surface area contributed by atoms with Crippen molar-refractivity contribution in [1.29, 1.82) is 0 Å². The Balaban J connectivity index is 0.00000484. The van der Waals surface area contributed by atoms with E-state index < -0.39 is 12.1 Å². The van der Waals surface area contributed by atoms with Crippen molar-refractivity contribution in [2.75, 3.05) is 26.0 Å². The molecule has 130 valence electrons. The summed E-state index contributed by atoms with van der Waals surface area (Å²) in [6.45, 7) is 0.326. The highest BCUT2D eigenvalue weighted by molar-refractivity contribution is 5.90. The molecule has 0 aliphatic carbocycles. The van der Waals surface area contributed by atoms with Crippen LogP contribution in [0, 0.1) is 0 Å². The molecule has 0 spiro atoms. The molecule has 0 saturated carbocycles. The number of hydrogen-bond acceptors (Lipinski definition) is 3. The first kappa shape index (κ1) is 21.2. The van der Waals surface area contributed by atoms with Crippen LogP contribution in [0.25, 0.3) is 0 Å². The van der Waals surface area contributed by atoms with Crippen LogP contribution in [0.2, 0.25) is 0 Å². The SMILES string of the molecule is CNCCC(=O)Nc1cccc(CN(C)C(=O)C(F)(F)F)c1.Cl. The number of rotatable bonds is 6. The predicted octanol–water partition coefficient (Wildman–Crippen LogP) is 2.18. The summed E-state index contributed by atoms with van der Waals surface area (Å²) in [6, 6.07) is 6.36. The average molecular weight is 354 g/mol. The second kappa shape index (κ2) is 9.36. The Morgan fingerprint density at radius 1 is 1.26 bits per heavy atom. The van der Waals surface area contributed by atoms with Crippen LogP contribution in [0.3, 0.4) is 0 Å². The molecular formula is C14H19ClF3N3O2. The summed E-state index contributed by atoms with van der Waals surface area (Å²) < 4.78 is 37.0. The highest BCUT2D eigenvalue weighted by Gasteiger charge is 2.41. The lowest BCUT2D eigenvalue weighted by atomic mass is 10.2. The first-order chi connectivity index (χ1) is 10.2. The number of carbonyl (C=O) groups excluding carboxylic acids is 2. The van der Waals surface area contributed by atoms with Crippen molar-refractivity contribution in [3.8, 4) is 0 Å². The number of nitrogens with zero attached hydrogens (tertiary/aromatic N) is 1. The van der Waals surface area contributed by atoms with Gasteiger partial charge in [-0.1, -0.05) is 12.1 Å². The van der Waals surface area contributed by atoms with Gasteiger partial charge in [-0.05, 0) is 24.7 Å². The maximum Gasteiger partial charge on any atom is 0.471 e. The van der Waals surface area contributed by atoms with E-state index in [1.165, 1.54) is 6.07 Å². The molecule has 0 saturated heterocycles. The Kier molecular flexibility index (Phi) is 8.63. The largest absolute Gasteiger partial charge is 0.471 e. The van der Waals surface area contributed by atoms with Gasteiger partial charge in [-0.2, -0.15) is 13.2 Å². The first-order valence-electron chi connectivity index (χ1n) is 6.59. The van der Waals surface area contributed by atoms with Gasteiger partial charge >= 0.3 is 12.1 Å². The molecule has 0 aromatic heterocycles. The van der Waals surface area contributed by atoms with Crippen LogP contribution in [0.15, 0.2) is 24.3 Å². The van der Waals surface area contributed by atoms with Gasteiger partial charge in [0.2, 0.25) is 5.91 Å². The third kappa shape index (κ3) is 7.34. The van der Waals surface area contributed by atoms with Gasteiger partial charge in [0, 0.05) is 32.2 Å². The molecule has 0 unspecified atom stereocenters. The zero-order valence-corrected chi connectivity index (χ0v) is 13.6. The topological polar surface area (TPSA) is 61.4 Å². The summed E-state index contributed by atoms with van der Waals surface area (Å²) in [5, 5.41) is 5.48. The number of halogens is 4. The van der Waals surface area contributed by atoms with Gasteiger partial charge in [-0.15, -0.1) is 12.4 Å². The average Bonchev–Trinajstić information content (AvgIpc) is 2.43. The van der Waals surface area contributed by atoms with Gasteiger partial charge in [-0.25, -0.2) is 0 Å². The molecule has 5 nitrogen and oxygen atoms in total. The number of benzene rings is 1. The Hall–Kier alpha value is -1.80. The van der Waals surface area contributed by atoms with Gasteiger partial charge in [0.25, 0.3) is 0 Å². The summed E-state index contributed by atoms with van der Waals surface area (Å²) >= 11 is 0. The minimum absolute atomic E-state index is 0. The van der Waals surface area contributed by atoms with Crippen LogP contribution in [-0.2, 0) is 16.1 Å². The molecule has 2 N–H and O–H groups in total. The van der Waals surface area contributed by atoms with Crippen LogP contribution >= 0.6 is 12.4 Å². The zero-order chi connectivity index (χ0) is 16.8. The van der Waals surface area contributed by atoms with Crippen LogP contribution in [-0.4, -0.2) is 43.5 Å². The van der Waals surface area contributed by atoms with E-state index in [4.69, 9.17) is 0 Å². The second-order valence-electron chi connectivity index (χ2n) is 4.76. The van der Waals surface area contributed by atoms with Crippen LogP contribution in [0.1, 0.15) is 12.0 Å². The summed E-state index contributed by atoms with van der Waals surface area (Å²) in [5.41, 5.74) is 0.970. The van der Waals surface area contributed by atoms with Gasteiger partial charge in [-0.3, -0.25) is 9.59 Å². The van der Waals surface area contributed by atoms with E-state index in [2.05, 4.69) is 10.6 Å². The number of amides is 2. The maximum atomic E-state index is 12.3. The van der Waals surface area contributed by atoms with Gasteiger partial charge < -0.3 is 15.5 Å². The van der Waals surface area contributed by atoms with E-state index in [1.807, 2.05) is 0 Å². The molecule has 2 amide bonds. The van der Waals surface area contributed by atoms with Crippen molar-refractivity contribution in [2.45, 2.75) is 19.1 Å². The minimum atomic E-state index is -4.90. The van der Waals surface area contributed by atoms with Crippen LogP contribution < -0.4 is 10.6 Å². The molecule has 0 radical (unpaired) electrons. The van der Waals surface area contributed by atoms with E-state index in [0.717, 1.165) is 7.05 Å². The van der Waals surface area contributed by atoms with E-state index in [1.54, 1.807) is 25.2 Å². The monoisotopic (exact) mass is 353 g/mol. The molecule has 0 heterocycles. The number of anilines is 1. The molecule has 9 heteroatoms. The van der Waals surface area contributed by atoms with Gasteiger partial charge in [0.05, 0.1) is 0 Å². The molecule has 1 aromatic rings. The van der Waals surface area contributed by atoms with E-state index in [9.17, 15) is 22.8 Å². The summed E-state index contributed by atoms with van der Waals surface area (Å²) in [7, 11) is 2.80. The quantitative estimate of drug-likeness (QED) is 0.824. The second-order valence-corrected chi connectivity index (χ2v) is 4.76. The molecule has 0 fully saturated rings. The molecule has 1 aromatic carbocycles. The van der Waals surface area contributed by atoms with E-state index >= 15 is 0 Å². The molecular weight excluding hydrogens is 335 g/mol. The maximum absolute atomic E-state index is 12.3. The number of carbonyl (C=O) groups is 2. The molecule has 0 atom stereocenters. The smallest absolute Gasteiger partial charge is 0.334 e. The molecule has 0 bridgehead atoms. The summed E-state index contributed by atoms with van der Waals surface area (Å²) in [4.78, 5) is 23.2. The minimum Gasteiger partial charge on any atom is -0.334 e. The standard InChI is InChI=1S/C14H18F3N3O2.ClH/c1-18-7-6-12(21)19-11-5-3-4-10(8-11)9-20(2)13(22)14(15,16)17;/h3-5,8,18H,6-7,9H2,1-2H3,(H,19,21);1H. The zero-order valence-electron chi connectivity index (χ0n) is 12.7. The molecule has 0 aliphatic rings. The third-order valence-electron chi connectivity index (χ3n) is 2.82. The lowest BCUT2D eigenvalue weighted by molar-refractivity contribution is -0.184. The molecule has 1 rings (SSSR count). The molecule has 0 aliphatic heterocycles. The van der Waals surface area contributed by atoms with Crippen LogP contribution in [0.5, 0.6) is 0 Å². The summed E-state index contributed by atoms with van der Waals surface area (Å²) in [6.07, 6.45) is -4.61. The van der Waals surface area contributed by atoms with Crippen LogP contribution in [0.4, 0.5) is 18.9 Å². The predicted molar refractivity (Wildman–Crippen MR) is 83.4 cm³/mol. The Bertz CT molecular complexity index is 538. The fraction of sp³-hybridized carbons (Fsp3) is 0.429. The first-order valence-corrected chi connectivity index (χ1v) is 6.59. The molecule has 23 heavy (non-hydrogen) atoms. The number of hydrogen-bond donors (Lipinski definition) is 2. The fourth-order valence-electron chi connectivity index (χ4n) is 1.77. The van der Waals surface area contributed by atoms with Crippen molar-refractivity contribution in [1.82, 2.24) is 10.2 Å². The highest BCUT2D eigenvalue weighted by Crippen LogP contribution is 2.19. The van der Waals surface area contributed by atoms with Crippen molar-refractivity contribution in [3.05, 3.63) is 29.8 Å². The normalized spacial score (nSPS) is 10.7. The lowest BCUT2D eigenvalue weighted by Crippen LogP contribution is -2.37. The fourth-order valence-corrected chi connectivity index (χ4v) is 1.77. The summed E-state index contributed by atoms with van der Waals surface area (Å²) in [5.74, 6) is -2.11. The van der Waals surface area contributed by atoms with Gasteiger partial charge in [0.1, 0.15) is 0 Å². The van der Waals surface area contributed by atoms with Crippen molar-refractivity contribution in [2.24, 2.45) is 0 Å². The van der Waals surface area contributed by atoms with E-state index in [0.29, 0.717) is 22.7 Å². The number of alkyl halides is 3. The van der Waals surface area contributed by atoms with E-state index in [-0.39, 0.29) is 31.3 Å². The van der Waals surface area contributed by atoms with Crippen molar-refractivity contribution >= 4 is 29.9 Å². The third-order valence-corrected chi connectivity index (χ3v) is 2.82. The highest BCUT2D eigenvalue weighted by atomic mass is 35.5. The Labute approximate surface area is 138 Å². The Morgan fingerprint density at radius 2 is 1.91 bits per heavy atom. The Morgan fingerprint density at radius 3 is 2.48 bits per heavy atom. The van der Waals surface area contributed by atoms with Crippen molar-refractivity contribution < 1.29 is 22.8 Å². The van der Waals surface area contributed by atoms with Crippen molar-refractivity contribution in [3.63, 3.8) is 0 Å². The van der Waals surface area contributed by atoms with Gasteiger partial charge in [0.15, 0.2) is 0 Å².